The number of ether oxygens (including phenoxy) is 1. The summed E-state index contributed by atoms with van der Waals surface area (Å²) in [5.41, 5.74) is 0.825. The van der Waals surface area contributed by atoms with Gasteiger partial charge in [-0.2, -0.15) is 0 Å². The molecule has 26 heavy (non-hydrogen) atoms. The van der Waals surface area contributed by atoms with Crippen LogP contribution in [0.1, 0.15) is 19.4 Å². The van der Waals surface area contributed by atoms with Crippen molar-refractivity contribution in [3.8, 4) is 5.75 Å². The van der Waals surface area contributed by atoms with E-state index < -0.39 is 11.6 Å². The Hall–Kier alpha value is -2.71. The summed E-state index contributed by atoms with van der Waals surface area (Å²) in [6.45, 7) is 3.32. The minimum absolute atomic E-state index is 0.434. The molecule has 7 nitrogen and oxygen atoms in total. The van der Waals surface area contributed by atoms with Gasteiger partial charge < -0.3 is 19.6 Å². The summed E-state index contributed by atoms with van der Waals surface area (Å²) in [7, 11) is 1.56. The SMILES string of the molecule is COc1cc(NC(=O)NSc2cc(C(C)(C)O)co2)c2ncccc2c1. The standard InChI is InChI=1S/C18H19N3O4S/c1-18(2,23)12-8-15(25-10-12)26-21-17(22)20-14-9-13(24-3)7-11-5-4-6-19-16(11)14/h4-10,23H,1-3H3,(H2,20,21,22). The van der Waals surface area contributed by atoms with Crippen LogP contribution < -0.4 is 14.8 Å². The van der Waals surface area contributed by atoms with Crippen molar-refractivity contribution < 1.29 is 19.1 Å². The Morgan fingerprint density at radius 2 is 2.15 bits per heavy atom. The lowest BCUT2D eigenvalue weighted by molar-refractivity contribution is 0.0779. The predicted octanol–water partition coefficient (Wildman–Crippen LogP) is 3.89. The molecule has 8 heteroatoms. The lowest BCUT2D eigenvalue weighted by Gasteiger charge is -2.13. The number of pyridine rings is 1. The fraction of sp³-hybridized carbons (Fsp3) is 0.222. The number of amides is 2. The number of nitrogens with zero attached hydrogens (tertiary/aromatic N) is 1. The maximum Gasteiger partial charge on any atom is 0.329 e. The molecule has 0 aliphatic carbocycles. The molecule has 0 bridgehead atoms. The van der Waals surface area contributed by atoms with Gasteiger partial charge in [0, 0.05) is 35.2 Å². The van der Waals surface area contributed by atoms with E-state index in [1.165, 1.54) is 6.26 Å². The van der Waals surface area contributed by atoms with Crippen LogP contribution in [-0.4, -0.2) is 23.2 Å². The van der Waals surface area contributed by atoms with Crippen LogP contribution in [0.2, 0.25) is 0 Å². The number of fused-ring (bicyclic) bond motifs is 1. The molecule has 2 aromatic heterocycles. The Kier molecular flexibility index (Phi) is 5.06. The summed E-state index contributed by atoms with van der Waals surface area (Å²) >= 11 is 1.01. The van der Waals surface area contributed by atoms with E-state index in [0.717, 1.165) is 17.3 Å². The number of furan rings is 1. The van der Waals surface area contributed by atoms with Crippen LogP contribution in [0.15, 0.2) is 52.3 Å². The topological polar surface area (TPSA) is 96.6 Å². The molecule has 0 saturated carbocycles. The van der Waals surface area contributed by atoms with E-state index in [9.17, 15) is 9.90 Å². The largest absolute Gasteiger partial charge is 0.497 e. The van der Waals surface area contributed by atoms with Gasteiger partial charge in [0.15, 0.2) is 5.09 Å². The van der Waals surface area contributed by atoms with E-state index in [2.05, 4.69) is 15.0 Å². The molecule has 0 fully saturated rings. The molecule has 2 heterocycles. The van der Waals surface area contributed by atoms with Crippen molar-refractivity contribution in [2.24, 2.45) is 0 Å². The van der Waals surface area contributed by atoms with Gasteiger partial charge in [0.1, 0.15) is 5.75 Å². The van der Waals surface area contributed by atoms with Gasteiger partial charge in [-0.1, -0.05) is 6.07 Å². The summed E-state index contributed by atoms with van der Waals surface area (Å²) in [4.78, 5) is 16.5. The first-order chi connectivity index (χ1) is 12.4. The van der Waals surface area contributed by atoms with E-state index in [1.807, 2.05) is 18.2 Å². The fourth-order valence-corrected chi connectivity index (χ4v) is 2.84. The molecule has 3 aromatic rings. The van der Waals surface area contributed by atoms with Crippen molar-refractivity contribution in [2.45, 2.75) is 24.5 Å². The number of anilines is 1. The zero-order chi connectivity index (χ0) is 18.7. The fourth-order valence-electron chi connectivity index (χ4n) is 2.31. The number of hydrogen-bond acceptors (Lipinski definition) is 6. The van der Waals surface area contributed by atoms with Gasteiger partial charge in [-0.3, -0.25) is 9.71 Å². The molecule has 0 saturated heterocycles. The molecule has 2 amide bonds. The number of benzene rings is 1. The molecular formula is C18H19N3O4S. The highest BCUT2D eigenvalue weighted by atomic mass is 32.2. The average molecular weight is 373 g/mol. The van der Waals surface area contributed by atoms with Crippen LogP contribution in [-0.2, 0) is 5.60 Å². The van der Waals surface area contributed by atoms with Gasteiger partial charge >= 0.3 is 6.03 Å². The van der Waals surface area contributed by atoms with E-state index in [4.69, 9.17) is 9.15 Å². The highest BCUT2D eigenvalue weighted by Crippen LogP contribution is 2.29. The van der Waals surface area contributed by atoms with Crippen LogP contribution in [0.4, 0.5) is 10.5 Å². The first-order valence-electron chi connectivity index (χ1n) is 7.85. The highest BCUT2D eigenvalue weighted by molar-refractivity contribution is 7.97. The van der Waals surface area contributed by atoms with Crippen LogP contribution in [0.25, 0.3) is 10.9 Å². The number of rotatable bonds is 5. The van der Waals surface area contributed by atoms with Gasteiger partial charge in [-0.15, -0.1) is 0 Å². The highest BCUT2D eigenvalue weighted by Gasteiger charge is 2.19. The van der Waals surface area contributed by atoms with E-state index in [-0.39, 0.29) is 0 Å². The Bertz CT molecular complexity index is 934. The molecule has 136 valence electrons. The predicted molar refractivity (Wildman–Crippen MR) is 100 cm³/mol. The number of aliphatic hydroxyl groups is 1. The van der Waals surface area contributed by atoms with Crippen LogP contribution in [0.3, 0.4) is 0 Å². The van der Waals surface area contributed by atoms with Crippen LogP contribution in [0.5, 0.6) is 5.75 Å². The van der Waals surface area contributed by atoms with Gasteiger partial charge in [-0.25, -0.2) is 4.79 Å². The van der Waals surface area contributed by atoms with Crippen LogP contribution in [0, 0.1) is 0 Å². The Morgan fingerprint density at radius 1 is 1.35 bits per heavy atom. The Balaban J connectivity index is 1.70. The smallest absolute Gasteiger partial charge is 0.329 e. The van der Waals surface area contributed by atoms with Gasteiger partial charge in [0.2, 0.25) is 0 Å². The molecule has 0 atom stereocenters. The van der Waals surface area contributed by atoms with Crippen molar-refractivity contribution in [2.75, 3.05) is 12.4 Å². The number of nitrogens with one attached hydrogen (secondary N) is 2. The lowest BCUT2D eigenvalue weighted by atomic mass is 10.0. The molecular weight excluding hydrogens is 354 g/mol. The third kappa shape index (κ3) is 4.09. The normalized spacial score (nSPS) is 11.4. The van der Waals surface area contributed by atoms with E-state index in [1.54, 1.807) is 39.3 Å². The maximum absolute atomic E-state index is 12.2. The summed E-state index contributed by atoms with van der Waals surface area (Å²) < 4.78 is 13.2. The van der Waals surface area contributed by atoms with Crippen molar-refractivity contribution in [1.82, 2.24) is 9.71 Å². The first-order valence-corrected chi connectivity index (χ1v) is 8.66. The quantitative estimate of drug-likeness (QED) is 0.587. The van der Waals surface area contributed by atoms with Crippen LogP contribution >= 0.6 is 11.9 Å². The number of carbonyl (C=O) groups is 1. The second kappa shape index (κ2) is 7.27. The van der Waals surface area contributed by atoms with Gasteiger partial charge in [0.25, 0.3) is 0 Å². The van der Waals surface area contributed by atoms with Crippen molar-refractivity contribution in [3.63, 3.8) is 0 Å². The number of urea groups is 1. The summed E-state index contributed by atoms with van der Waals surface area (Å²) in [5, 5.41) is 14.0. The third-order valence-corrected chi connectivity index (χ3v) is 4.39. The average Bonchev–Trinajstić information content (AvgIpc) is 3.09. The summed E-state index contributed by atoms with van der Waals surface area (Å²) in [6, 6.07) is 8.51. The number of aromatic nitrogens is 1. The summed E-state index contributed by atoms with van der Waals surface area (Å²) in [5.74, 6) is 0.620. The third-order valence-electron chi connectivity index (χ3n) is 3.69. The van der Waals surface area contributed by atoms with Crippen molar-refractivity contribution in [3.05, 3.63) is 48.4 Å². The molecule has 1 aromatic carbocycles. The molecule has 0 aliphatic heterocycles. The number of carbonyl (C=O) groups excluding carboxylic acids is 1. The second-order valence-electron chi connectivity index (χ2n) is 6.12. The lowest BCUT2D eigenvalue weighted by Crippen LogP contribution is -2.22. The molecule has 0 spiro atoms. The Labute approximate surface area is 154 Å². The van der Waals surface area contributed by atoms with Crippen molar-refractivity contribution >= 4 is 34.6 Å². The van der Waals surface area contributed by atoms with Gasteiger partial charge in [0.05, 0.1) is 30.2 Å². The molecule has 3 rings (SSSR count). The van der Waals surface area contributed by atoms with Crippen molar-refractivity contribution in [1.29, 1.82) is 0 Å². The second-order valence-corrected chi connectivity index (χ2v) is 6.93. The maximum atomic E-state index is 12.2. The van der Waals surface area contributed by atoms with Gasteiger partial charge in [-0.05, 0) is 32.0 Å². The minimum atomic E-state index is -1.00. The van der Waals surface area contributed by atoms with E-state index >= 15 is 0 Å². The molecule has 0 unspecified atom stereocenters. The minimum Gasteiger partial charge on any atom is -0.497 e. The Morgan fingerprint density at radius 3 is 2.85 bits per heavy atom. The zero-order valence-corrected chi connectivity index (χ0v) is 15.4. The molecule has 0 radical (unpaired) electrons. The molecule has 3 N–H and O–H groups in total. The molecule has 0 aliphatic rings. The number of hydrogen-bond donors (Lipinski definition) is 3. The monoisotopic (exact) mass is 373 g/mol. The van der Waals surface area contributed by atoms with E-state index in [0.29, 0.717) is 27.6 Å². The number of methoxy groups -OCH3 is 1. The summed E-state index contributed by atoms with van der Waals surface area (Å²) in [6.07, 6.45) is 3.12. The first kappa shape index (κ1) is 18.1. The zero-order valence-electron chi connectivity index (χ0n) is 14.6.